The fourth-order valence-corrected chi connectivity index (χ4v) is 4.15. The van der Waals surface area contributed by atoms with Gasteiger partial charge in [0.2, 0.25) is 0 Å². The van der Waals surface area contributed by atoms with Crippen LogP contribution < -0.4 is 4.74 Å². The molecule has 0 aliphatic carbocycles. The lowest BCUT2D eigenvalue weighted by Crippen LogP contribution is -2.30. The van der Waals surface area contributed by atoms with Gasteiger partial charge in [0.05, 0.1) is 6.61 Å². The summed E-state index contributed by atoms with van der Waals surface area (Å²) in [5, 5.41) is 2.49. The van der Waals surface area contributed by atoms with Crippen LogP contribution in [0.4, 0.5) is 0 Å². The predicted molar refractivity (Wildman–Crippen MR) is 116 cm³/mol. The van der Waals surface area contributed by atoms with Crippen molar-refractivity contribution in [3.63, 3.8) is 0 Å². The van der Waals surface area contributed by atoms with Gasteiger partial charge in [-0.25, -0.2) is 0 Å². The maximum atomic E-state index is 6.03. The van der Waals surface area contributed by atoms with E-state index in [0.717, 1.165) is 55.7 Å². The summed E-state index contributed by atoms with van der Waals surface area (Å²) in [7, 11) is 0. The fourth-order valence-electron chi connectivity index (χ4n) is 4.15. The molecular weight excluding hydrogens is 346 g/mol. The first kappa shape index (κ1) is 17.1. The fraction of sp³-hybridized carbons (Fsp3) is 0.250. The summed E-state index contributed by atoms with van der Waals surface area (Å²) in [4.78, 5) is 9.14. The molecule has 0 atom stereocenters. The van der Waals surface area contributed by atoms with Crippen LogP contribution in [0.1, 0.15) is 18.4 Å². The predicted octanol–water partition coefficient (Wildman–Crippen LogP) is 5.21. The third-order valence-electron chi connectivity index (χ3n) is 5.66. The quantitative estimate of drug-likeness (QED) is 0.457. The molecule has 2 aromatic carbocycles. The van der Waals surface area contributed by atoms with E-state index in [9.17, 15) is 0 Å². The van der Waals surface area contributed by atoms with Crippen LogP contribution in [-0.4, -0.2) is 41.1 Å². The number of aromatic amines is 2. The Morgan fingerprint density at radius 2 is 1.82 bits per heavy atom. The molecule has 5 rings (SSSR count). The van der Waals surface area contributed by atoms with E-state index in [1.54, 1.807) is 0 Å². The molecule has 0 bridgehead atoms. The van der Waals surface area contributed by atoms with Crippen molar-refractivity contribution < 1.29 is 4.74 Å². The highest BCUT2D eigenvalue weighted by Crippen LogP contribution is 2.29. The van der Waals surface area contributed by atoms with Crippen molar-refractivity contribution in [2.45, 2.75) is 12.8 Å². The monoisotopic (exact) mass is 371 g/mol. The summed E-state index contributed by atoms with van der Waals surface area (Å²) >= 11 is 0. The number of nitrogens with zero attached hydrogens (tertiary/aromatic N) is 1. The molecule has 3 heterocycles. The van der Waals surface area contributed by atoms with E-state index in [0.29, 0.717) is 0 Å². The second kappa shape index (κ2) is 7.56. The maximum Gasteiger partial charge on any atom is 0.128 e. The van der Waals surface area contributed by atoms with Gasteiger partial charge in [-0.2, -0.15) is 0 Å². The third-order valence-corrected chi connectivity index (χ3v) is 5.66. The molecule has 4 nitrogen and oxygen atoms in total. The number of ether oxygens (including phenoxy) is 1. The Morgan fingerprint density at radius 1 is 0.929 bits per heavy atom. The lowest BCUT2D eigenvalue weighted by atomic mass is 9.99. The Kier molecular flexibility index (Phi) is 4.63. The van der Waals surface area contributed by atoms with Crippen LogP contribution in [0.3, 0.4) is 0 Å². The largest absolute Gasteiger partial charge is 0.493 e. The van der Waals surface area contributed by atoms with Crippen molar-refractivity contribution in [3.05, 3.63) is 72.6 Å². The minimum Gasteiger partial charge on any atom is -0.493 e. The molecule has 0 fully saturated rings. The molecule has 2 N–H and O–H groups in total. The van der Waals surface area contributed by atoms with Crippen LogP contribution in [0, 0.1) is 0 Å². The van der Waals surface area contributed by atoms with Gasteiger partial charge in [0.1, 0.15) is 5.75 Å². The van der Waals surface area contributed by atoms with E-state index in [1.807, 2.05) is 18.3 Å². The van der Waals surface area contributed by atoms with Crippen LogP contribution >= 0.6 is 0 Å². The summed E-state index contributed by atoms with van der Waals surface area (Å²) in [5.74, 6) is 0.971. The zero-order chi connectivity index (χ0) is 18.8. The lowest BCUT2D eigenvalue weighted by Gasteiger charge is -2.26. The van der Waals surface area contributed by atoms with Gasteiger partial charge in [-0.1, -0.05) is 30.3 Å². The standard InChI is InChI=1S/C24H25N3O/c1-2-6-22-19(5-1)21(17-26-22)18-10-14-27(15-11-18)13-4-16-28-24-8-3-7-23-20(24)9-12-25-23/h1-3,5-10,12,17,25-26H,4,11,13-16H2. The van der Waals surface area contributed by atoms with Gasteiger partial charge >= 0.3 is 0 Å². The van der Waals surface area contributed by atoms with E-state index in [-0.39, 0.29) is 0 Å². The molecule has 0 amide bonds. The van der Waals surface area contributed by atoms with E-state index < -0.39 is 0 Å². The molecule has 0 spiro atoms. The smallest absolute Gasteiger partial charge is 0.128 e. The van der Waals surface area contributed by atoms with E-state index >= 15 is 0 Å². The van der Waals surface area contributed by atoms with Gasteiger partial charge in [0, 0.05) is 59.4 Å². The lowest BCUT2D eigenvalue weighted by molar-refractivity contribution is 0.250. The van der Waals surface area contributed by atoms with Crippen molar-refractivity contribution in [2.24, 2.45) is 0 Å². The number of hydrogen-bond acceptors (Lipinski definition) is 2. The normalized spacial score (nSPS) is 15.2. The average Bonchev–Trinajstić information content (AvgIpc) is 3.39. The Morgan fingerprint density at radius 3 is 2.75 bits per heavy atom. The van der Waals surface area contributed by atoms with Gasteiger partial charge in [0.25, 0.3) is 0 Å². The number of benzene rings is 2. The van der Waals surface area contributed by atoms with E-state index in [1.165, 1.54) is 22.0 Å². The zero-order valence-electron chi connectivity index (χ0n) is 15.9. The minimum absolute atomic E-state index is 0.750. The molecule has 0 saturated carbocycles. The zero-order valence-corrected chi connectivity index (χ0v) is 15.9. The van der Waals surface area contributed by atoms with Gasteiger partial charge in [-0.05, 0) is 42.7 Å². The van der Waals surface area contributed by atoms with Crippen LogP contribution in [0.15, 0.2) is 67.0 Å². The van der Waals surface area contributed by atoms with Crippen LogP contribution in [0.5, 0.6) is 5.75 Å². The van der Waals surface area contributed by atoms with Crippen molar-refractivity contribution >= 4 is 27.4 Å². The summed E-state index contributed by atoms with van der Waals surface area (Å²) in [5.41, 5.74) is 5.17. The highest BCUT2D eigenvalue weighted by Gasteiger charge is 2.15. The van der Waals surface area contributed by atoms with Gasteiger partial charge < -0.3 is 14.7 Å². The average molecular weight is 371 g/mol. The molecule has 0 saturated heterocycles. The molecule has 4 heteroatoms. The number of para-hydroxylation sites is 1. The SMILES string of the molecule is C1=C(c2c[nH]c3ccccc23)CCN(CCCOc2cccc3[nH]ccc23)C1. The molecule has 4 aromatic rings. The highest BCUT2D eigenvalue weighted by atomic mass is 16.5. The first-order chi connectivity index (χ1) is 13.9. The molecule has 142 valence electrons. The molecule has 1 aliphatic heterocycles. The summed E-state index contributed by atoms with van der Waals surface area (Å²) in [6, 6.07) is 16.8. The summed E-state index contributed by atoms with van der Waals surface area (Å²) in [6.07, 6.45) is 8.65. The molecule has 28 heavy (non-hydrogen) atoms. The van der Waals surface area contributed by atoms with Crippen molar-refractivity contribution in [2.75, 3.05) is 26.2 Å². The van der Waals surface area contributed by atoms with Gasteiger partial charge in [-0.15, -0.1) is 0 Å². The molecular formula is C24H25N3O. The second-order valence-corrected chi connectivity index (χ2v) is 7.42. The van der Waals surface area contributed by atoms with E-state index in [2.05, 4.69) is 63.5 Å². The first-order valence-corrected chi connectivity index (χ1v) is 10.1. The number of H-pyrrole nitrogens is 2. The molecule has 0 unspecified atom stereocenters. The van der Waals surface area contributed by atoms with Crippen molar-refractivity contribution in [3.8, 4) is 5.75 Å². The molecule has 1 aliphatic rings. The van der Waals surface area contributed by atoms with Crippen molar-refractivity contribution in [1.29, 1.82) is 0 Å². The number of aromatic nitrogens is 2. The maximum absolute atomic E-state index is 6.03. The second-order valence-electron chi connectivity index (χ2n) is 7.42. The van der Waals surface area contributed by atoms with Crippen LogP contribution in [0.25, 0.3) is 27.4 Å². The number of hydrogen-bond donors (Lipinski definition) is 2. The Bertz CT molecular complexity index is 1120. The van der Waals surface area contributed by atoms with Crippen LogP contribution in [0.2, 0.25) is 0 Å². The first-order valence-electron chi connectivity index (χ1n) is 10.1. The van der Waals surface area contributed by atoms with E-state index in [4.69, 9.17) is 4.74 Å². The number of fused-ring (bicyclic) bond motifs is 2. The van der Waals surface area contributed by atoms with Gasteiger partial charge in [0.15, 0.2) is 0 Å². The van der Waals surface area contributed by atoms with Gasteiger partial charge in [-0.3, -0.25) is 4.90 Å². The third kappa shape index (κ3) is 3.32. The highest BCUT2D eigenvalue weighted by molar-refractivity contribution is 5.92. The minimum atomic E-state index is 0.750. The molecule has 0 radical (unpaired) electrons. The number of nitrogens with one attached hydrogen (secondary N) is 2. The molecule has 2 aromatic heterocycles. The topological polar surface area (TPSA) is 44.0 Å². The summed E-state index contributed by atoms with van der Waals surface area (Å²) in [6.45, 7) is 3.95. The Labute approximate surface area is 164 Å². The Hall–Kier alpha value is -2.98. The number of rotatable bonds is 6. The Balaban J connectivity index is 1.15. The van der Waals surface area contributed by atoms with Crippen molar-refractivity contribution in [1.82, 2.24) is 14.9 Å². The van der Waals surface area contributed by atoms with Crippen LogP contribution in [-0.2, 0) is 0 Å². The summed E-state index contributed by atoms with van der Waals surface area (Å²) < 4.78 is 6.03.